The van der Waals surface area contributed by atoms with E-state index in [4.69, 9.17) is 21.4 Å². The van der Waals surface area contributed by atoms with Crippen molar-refractivity contribution in [1.29, 1.82) is 0 Å². The molecule has 0 radical (unpaired) electrons. The molecule has 1 aliphatic rings. The Bertz CT molecular complexity index is 1200. The highest BCUT2D eigenvalue weighted by Crippen LogP contribution is 2.35. The van der Waals surface area contributed by atoms with Gasteiger partial charge in [-0.25, -0.2) is 14.3 Å². The summed E-state index contributed by atoms with van der Waals surface area (Å²) in [5.41, 5.74) is 3.61. The number of urea groups is 1. The maximum atomic E-state index is 12.9. The first-order valence-corrected chi connectivity index (χ1v) is 10.3. The van der Waals surface area contributed by atoms with Crippen molar-refractivity contribution in [3.63, 3.8) is 0 Å². The quantitative estimate of drug-likeness (QED) is 0.428. The summed E-state index contributed by atoms with van der Waals surface area (Å²) < 4.78 is 7.01. The van der Waals surface area contributed by atoms with Gasteiger partial charge in [-0.15, -0.1) is 0 Å². The highest BCUT2D eigenvalue weighted by molar-refractivity contribution is 6.30. The summed E-state index contributed by atoms with van der Waals surface area (Å²) >= 11 is 6.07. The summed E-state index contributed by atoms with van der Waals surface area (Å²) in [6, 6.07) is 15.6. The molecule has 8 heteroatoms. The molecule has 7 nitrogen and oxygen atoms in total. The zero-order valence-corrected chi connectivity index (χ0v) is 18.1. The molecule has 0 saturated carbocycles. The van der Waals surface area contributed by atoms with Gasteiger partial charge in [-0.05, 0) is 31.2 Å². The molecule has 0 spiro atoms. The molecule has 0 saturated heterocycles. The van der Waals surface area contributed by atoms with E-state index in [-0.39, 0.29) is 6.61 Å². The first kappa shape index (κ1) is 21.4. The molecular weight excluding hydrogens is 428 g/mol. The van der Waals surface area contributed by atoms with Gasteiger partial charge in [0.05, 0.1) is 23.0 Å². The minimum atomic E-state index is -0.760. The maximum Gasteiger partial charge on any atom is 0.338 e. The first-order valence-electron chi connectivity index (χ1n) is 9.95. The molecule has 32 heavy (non-hydrogen) atoms. The highest BCUT2D eigenvalue weighted by Gasteiger charge is 2.35. The molecule has 3 aromatic rings. The monoisotopic (exact) mass is 448 g/mol. The van der Waals surface area contributed by atoms with Crippen LogP contribution in [0.1, 0.15) is 18.5 Å². The fraction of sp³-hybridized carbons (Fsp3) is 0.125. The lowest BCUT2D eigenvalue weighted by atomic mass is 9.94. The molecule has 2 amide bonds. The van der Waals surface area contributed by atoms with Crippen molar-refractivity contribution < 1.29 is 14.3 Å². The average Bonchev–Trinajstić information content (AvgIpc) is 3.23. The second-order valence-corrected chi connectivity index (χ2v) is 7.61. The Kier molecular flexibility index (Phi) is 6.09. The number of hydrogen-bond acceptors (Lipinski definition) is 4. The van der Waals surface area contributed by atoms with Crippen LogP contribution in [0, 0.1) is 0 Å². The van der Waals surface area contributed by atoms with E-state index in [1.54, 1.807) is 23.7 Å². The number of hydrogen-bond donors (Lipinski definition) is 2. The van der Waals surface area contributed by atoms with Gasteiger partial charge in [-0.1, -0.05) is 54.6 Å². The van der Waals surface area contributed by atoms with Crippen LogP contribution in [0.4, 0.5) is 4.79 Å². The molecule has 2 N–H and O–H groups in total. The summed E-state index contributed by atoms with van der Waals surface area (Å²) in [4.78, 5) is 25.2. The van der Waals surface area contributed by atoms with E-state index < -0.39 is 18.0 Å². The molecule has 4 rings (SSSR count). The Morgan fingerprint density at radius 2 is 1.94 bits per heavy atom. The largest absolute Gasteiger partial charge is 0.458 e. The number of aromatic nitrogens is 2. The van der Waals surface area contributed by atoms with Crippen molar-refractivity contribution in [1.82, 2.24) is 20.4 Å². The molecule has 0 aliphatic carbocycles. The maximum absolute atomic E-state index is 12.9. The molecule has 1 atom stereocenters. The van der Waals surface area contributed by atoms with Crippen molar-refractivity contribution in [2.75, 3.05) is 6.61 Å². The van der Waals surface area contributed by atoms with E-state index in [9.17, 15) is 9.59 Å². The molecule has 1 unspecified atom stereocenters. The number of carbonyl (C=O) groups is 2. The molecule has 0 fully saturated rings. The van der Waals surface area contributed by atoms with Gasteiger partial charge in [0, 0.05) is 28.0 Å². The van der Waals surface area contributed by atoms with Crippen LogP contribution >= 0.6 is 11.6 Å². The SMILES string of the molecule is C=CCOC(=O)C1=C(C)NC(=O)NC1c1cn(-c2ccccc2)nc1-c1ccc(Cl)cc1. The fourth-order valence-electron chi connectivity index (χ4n) is 3.55. The number of nitrogens with zero attached hydrogens (tertiary/aromatic N) is 2. The minimum absolute atomic E-state index is 0.0591. The van der Waals surface area contributed by atoms with E-state index in [2.05, 4.69) is 17.2 Å². The lowest BCUT2D eigenvalue weighted by Gasteiger charge is -2.27. The second kappa shape index (κ2) is 9.11. The fourth-order valence-corrected chi connectivity index (χ4v) is 3.68. The summed E-state index contributed by atoms with van der Waals surface area (Å²) in [6.07, 6.45) is 3.30. The van der Waals surface area contributed by atoms with Crippen LogP contribution in [0.15, 0.2) is 84.7 Å². The van der Waals surface area contributed by atoms with E-state index >= 15 is 0 Å². The Balaban J connectivity index is 1.88. The van der Waals surface area contributed by atoms with Crippen molar-refractivity contribution in [3.8, 4) is 16.9 Å². The van der Waals surface area contributed by atoms with Crippen LogP contribution in [0.5, 0.6) is 0 Å². The summed E-state index contributed by atoms with van der Waals surface area (Å²) in [6.45, 7) is 5.31. The number of nitrogens with one attached hydrogen (secondary N) is 2. The highest BCUT2D eigenvalue weighted by atomic mass is 35.5. The van der Waals surface area contributed by atoms with Gasteiger partial charge in [-0.2, -0.15) is 5.10 Å². The molecular formula is C24H21ClN4O3. The number of para-hydroxylation sites is 1. The first-order chi connectivity index (χ1) is 15.5. The number of esters is 1. The number of halogens is 1. The van der Waals surface area contributed by atoms with Crippen LogP contribution in [-0.4, -0.2) is 28.4 Å². The molecule has 2 heterocycles. The van der Waals surface area contributed by atoms with Gasteiger partial charge in [0.15, 0.2) is 0 Å². The zero-order valence-electron chi connectivity index (χ0n) is 17.3. The summed E-state index contributed by atoms with van der Waals surface area (Å²) in [5.74, 6) is -0.547. The Hall–Kier alpha value is -3.84. The van der Waals surface area contributed by atoms with E-state index in [0.29, 0.717) is 27.6 Å². The predicted octanol–water partition coefficient (Wildman–Crippen LogP) is 4.55. The van der Waals surface area contributed by atoms with Crippen molar-refractivity contribution in [2.24, 2.45) is 0 Å². The third kappa shape index (κ3) is 4.29. The smallest absolute Gasteiger partial charge is 0.338 e. The molecule has 0 bridgehead atoms. The summed E-state index contributed by atoms with van der Waals surface area (Å²) in [5, 5.41) is 10.9. The predicted molar refractivity (Wildman–Crippen MR) is 122 cm³/mol. The van der Waals surface area contributed by atoms with Crippen molar-refractivity contribution in [3.05, 3.63) is 95.3 Å². The van der Waals surface area contributed by atoms with Crippen LogP contribution in [0.2, 0.25) is 5.02 Å². The number of benzene rings is 2. The Morgan fingerprint density at radius 3 is 2.62 bits per heavy atom. The number of amides is 2. The third-order valence-electron chi connectivity index (χ3n) is 5.01. The topological polar surface area (TPSA) is 85.2 Å². The second-order valence-electron chi connectivity index (χ2n) is 7.18. The van der Waals surface area contributed by atoms with Gasteiger partial charge < -0.3 is 15.4 Å². The number of carbonyl (C=O) groups excluding carboxylic acids is 2. The van der Waals surface area contributed by atoms with Gasteiger partial charge in [-0.3, -0.25) is 0 Å². The molecule has 1 aromatic heterocycles. The van der Waals surface area contributed by atoms with Gasteiger partial charge >= 0.3 is 12.0 Å². The van der Waals surface area contributed by atoms with E-state index in [1.807, 2.05) is 48.7 Å². The molecule has 162 valence electrons. The molecule has 2 aromatic carbocycles. The standard InChI is InChI=1S/C24H21ClN4O3/c1-3-13-32-23(30)20-15(2)26-24(31)27-22(20)19-14-29(18-7-5-4-6-8-18)28-21(19)16-9-11-17(25)12-10-16/h3-12,14,22H,1,13H2,2H3,(H2,26,27,31). The zero-order chi connectivity index (χ0) is 22.7. The lowest BCUT2D eigenvalue weighted by molar-refractivity contribution is -0.138. The number of ether oxygens (including phenoxy) is 1. The van der Waals surface area contributed by atoms with E-state index in [1.165, 1.54) is 6.08 Å². The Morgan fingerprint density at radius 1 is 1.22 bits per heavy atom. The van der Waals surface area contributed by atoms with Crippen molar-refractivity contribution >= 4 is 23.6 Å². The lowest BCUT2D eigenvalue weighted by Crippen LogP contribution is -2.45. The Labute approximate surface area is 190 Å². The van der Waals surface area contributed by atoms with Crippen molar-refractivity contribution in [2.45, 2.75) is 13.0 Å². The normalized spacial score (nSPS) is 15.7. The van der Waals surface area contributed by atoms with Crippen LogP contribution in [-0.2, 0) is 9.53 Å². The van der Waals surface area contributed by atoms with Gasteiger partial charge in [0.1, 0.15) is 6.61 Å². The number of rotatable bonds is 6. The minimum Gasteiger partial charge on any atom is -0.458 e. The van der Waals surface area contributed by atoms with Crippen LogP contribution in [0.25, 0.3) is 16.9 Å². The number of allylic oxidation sites excluding steroid dienone is 1. The third-order valence-corrected chi connectivity index (χ3v) is 5.27. The van der Waals surface area contributed by atoms with Crippen LogP contribution in [0.3, 0.4) is 0 Å². The van der Waals surface area contributed by atoms with Crippen LogP contribution < -0.4 is 10.6 Å². The van der Waals surface area contributed by atoms with Gasteiger partial charge in [0.25, 0.3) is 0 Å². The average molecular weight is 449 g/mol. The molecule has 1 aliphatic heterocycles. The van der Waals surface area contributed by atoms with Gasteiger partial charge in [0.2, 0.25) is 0 Å². The van der Waals surface area contributed by atoms with E-state index in [0.717, 1.165) is 11.3 Å². The summed E-state index contributed by atoms with van der Waals surface area (Å²) in [7, 11) is 0.